The van der Waals surface area contributed by atoms with Gasteiger partial charge in [0, 0.05) is 6.20 Å². The number of rotatable bonds is 6. The van der Waals surface area contributed by atoms with Gasteiger partial charge in [-0.2, -0.15) is 0 Å². The third-order valence-electron chi connectivity index (χ3n) is 4.52. The molecule has 0 saturated heterocycles. The lowest BCUT2D eigenvalue weighted by atomic mass is 10.0. The molecule has 1 N–H and O–H groups in total. The molecule has 0 fully saturated rings. The summed E-state index contributed by atoms with van der Waals surface area (Å²) >= 11 is 5.97. The third kappa shape index (κ3) is 4.29. The second-order valence-electron chi connectivity index (χ2n) is 6.55. The first-order valence-electron chi connectivity index (χ1n) is 8.77. The molecule has 30 heavy (non-hydrogen) atoms. The molecule has 0 saturated carbocycles. The molecule has 0 atom stereocenters. The number of halogens is 2. The average molecular weight is 449 g/mol. The number of nitrogens with zero attached hydrogens (tertiary/aromatic N) is 1. The fraction of sp³-hybridized carbons (Fsp3) is 0.143. The van der Waals surface area contributed by atoms with Crippen molar-refractivity contribution in [1.29, 1.82) is 0 Å². The van der Waals surface area contributed by atoms with Crippen LogP contribution in [0.3, 0.4) is 0 Å². The molecule has 156 valence electrons. The number of benzene rings is 2. The summed E-state index contributed by atoms with van der Waals surface area (Å²) in [4.78, 5) is 17.0. The Balaban J connectivity index is 2.09. The number of ketones is 1. The van der Waals surface area contributed by atoms with Gasteiger partial charge in [0.25, 0.3) is 10.0 Å². The van der Waals surface area contributed by atoms with Gasteiger partial charge in [0.05, 0.1) is 22.7 Å². The first-order chi connectivity index (χ1) is 14.1. The largest absolute Gasteiger partial charge is 0.496 e. The van der Waals surface area contributed by atoms with E-state index < -0.39 is 21.6 Å². The number of ether oxygens (including phenoxy) is 1. The molecule has 3 aromatic rings. The highest BCUT2D eigenvalue weighted by atomic mass is 35.5. The molecule has 0 amide bonds. The molecule has 1 heterocycles. The zero-order valence-corrected chi connectivity index (χ0v) is 17.9. The molecule has 3 rings (SSSR count). The number of anilines is 1. The maximum absolute atomic E-state index is 14.4. The van der Waals surface area contributed by atoms with Crippen molar-refractivity contribution in [2.45, 2.75) is 18.7 Å². The Morgan fingerprint density at radius 1 is 1.13 bits per heavy atom. The molecule has 0 aliphatic carbocycles. The number of hydrogen-bond donors (Lipinski definition) is 1. The van der Waals surface area contributed by atoms with Gasteiger partial charge in [-0.3, -0.25) is 9.52 Å². The Labute approximate surface area is 178 Å². The van der Waals surface area contributed by atoms with E-state index in [2.05, 4.69) is 9.71 Å². The van der Waals surface area contributed by atoms with Crippen LogP contribution in [0.4, 0.5) is 10.1 Å². The molecule has 1 aromatic heterocycles. The van der Waals surface area contributed by atoms with Crippen molar-refractivity contribution in [2.75, 3.05) is 11.8 Å². The molecule has 0 aliphatic rings. The lowest BCUT2D eigenvalue weighted by Gasteiger charge is -2.14. The summed E-state index contributed by atoms with van der Waals surface area (Å²) in [5, 5.41) is 0.102. The summed E-state index contributed by atoms with van der Waals surface area (Å²) in [6.45, 7) is 3.65. The van der Waals surface area contributed by atoms with Gasteiger partial charge in [-0.25, -0.2) is 17.8 Å². The lowest BCUT2D eigenvalue weighted by molar-refractivity contribution is 0.102. The van der Waals surface area contributed by atoms with E-state index >= 15 is 0 Å². The number of aromatic nitrogens is 1. The van der Waals surface area contributed by atoms with E-state index in [1.807, 2.05) is 6.92 Å². The lowest BCUT2D eigenvalue weighted by Crippen LogP contribution is -2.18. The van der Waals surface area contributed by atoms with Crippen molar-refractivity contribution in [2.24, 2.45) is 0 Å². The number of methoxy groups -OCH3 is 1. The smallest absolute Gasteiger partial charge is 0.261 e. The number of aryl methyl sites for hydroxylation is 2. The highest BCUT2D eigenvalue weighted by Gasteiger charge is 2.26. The van der Waals surface area contributed by atoms with E-state index in [-0.39, 0.29) is 32.6 Å². The van der Waals surface area contributed by atoms with E-state index in [1.165, 1.54) is 43.6 Å². The Morgan fingerprint density at radius 3 is 2.53 bits per heavy atom. The quantitative estimate of drug-likeness (QED) is 0.560. The minimum Gasteiger partial charge on any atom is -0.496 e. The number of sulfonamides is 1. The molecule has 6 nitrogen and oxygen atoms in total. The van der Waals surface area contributed by atoms with Crippen LogP contribution in [0.15, 0.2) is 53.6 Å². The van der Waals surface area contributed by atoms with E-state index in [0.29, 0.717) is 0 Å². The van der Waals surface area contributed by atoms with E-state index in [0.717, 1.165) is 17.2 Å². The van der Waals surface area contributed by atoms with Crippen LogP contribution in [0.25, 0.3) is 0 Å². The van der Waals surface area contributed by atoms with Gasteiger partial charge in [-0.1, -0.05) is 23.7 Å². The van der Waals surface area contributed by atoms with Crippen molar-refractivity contribution in [3.63, 3.8) is 0 Å². The molecule has 0 bridgehead atoms. The number of nitrogens with one attached hydrogen (secondary N) is 1. The Bertz CT molecular complexity index is 1250. The predicted molar refractivity (Wildman–Crippen MR) is 112 cm³/mol. The normalized spacial score (nSPS) is 11.2. The highest BCUT2D eigenvalue weighted by molar-refractivity contribution is 7.92. The maximum Gasteiger partial charge on any atom is 0.261 e. The summed E-state index contributed by atoms with van der Waals surface area (Å²) in [5.74, 6) is -1.67. The summed E-state index contributed by atoms with van der Waals surface area (Å²) in [7, 11) is -2.76. The zero-order chi connectivity index (χ0) is 22.1. The van der Waals surface area contributed by atoms with E-state index in [1.54, 1.807) is 13.0 Å². The maximum atomic E-state index is 14.4. The van der Waals surface area contributed by atoms with Crippen molar-refractivity contribution in [1.82, 2.24) is 4.98 Å². The summed E-state index contributed by atoms with van der Waals surface area (Å²) in [6.07, 6.45) is 1.18. The van der Waals surface area contributed by atoms with Gasteiger partial charge in [-0.05, 0) is 55.3 Å². The summed E-state index contributed by atoms with van der Waals surface area (Å²) in [5.41, 5.74) is 0.878. The van der Waals surface area contributed by atoms with Gasteiger partial charge in [-0.15, -0.1) is 0 Å². The van der Waals surface area contributed by atoms with Crippen molar-refractivity contribution in [3.05, 3.63) is 81.9 Å². The number of carbonyl (C=O) groups is 1. The average Bonchev–Trinajstić information content (AvgIpc) is 2.69. The SMILES string of the molecule is COc1cccc(F)c1C(=O)c1ncc(Cl)cc1NS(=O)(=O)c1ccc(C)c(C)c1. The second-order valence-corrected chi connectivity index (χ2v) is 8.67. The van der Waals surface area contributed by atoms with Crippen molar-refractivity contribution in [3.8, 4) is 5.75 Å². The monoisotopic (exact) mass is 448 g/mol. The van der Waals surface area contributed by atoms with E-state index in [9.17, 15) is 17.6 Å². The van der Waals surface area contributed by atoms with Crippen LogP contribution in [0.2, 0.25) is 5.02 Å². The molecular weight excluding hydrogens is 431 g/mol. The summed E-state index contributed by atoms with van der Waals surface area (Å²) < 4.78 is 47.6. The third-order valence-corrected chi connectivity index (χ3v) is 6.09. The van der Waals surface area contributed by atoms with Crippen LogP contribution in [-0.4, -0.2) is 26.3 Å². The van der Waals surface area contributed by atoms with Crippen LogP contribution < -0.4 is 9.46 Å². The van der Waals surface area contributed by atoms with Crippen LogP contribution in [-0.2, 0) is 10.0 Å². The standard InChI is InChI=1S/C21H18ClFN2O4S/c1-12-7-8-15(9-13(12)2)30(27,28)25-17-10-14(22)11-24-20(17)21(26)19-16(23)5-4-6-18(19)29-3/h4-11,25H,1-3H3. The van der Waals surface area contributed by atoms with Crippen molar-refractivity contribution < 1.29 is 22.3 Å². The molecule has 0 radical (unpaired) electrons. The van der Waals surface area contributed by atoms with Gasteiger partial charge < -0.3 is 4.74 Å². The van der Waals surface area contributed by atoms with Crippen LogP contribution >= 0.6 is 11.6 Å². The number of pyridine rings is 1. The molecule has 0 aliphatic heterocycles. The summed E-state index contributed by atoms with van der Waals surface area (Å²) in [6, 6.07) is 9.80. The van der Waals surface area contributed by atoms with E-state index in [4.69, 9.17) is 16.3 Å². The zero-order valence-electron chi connectivity index (χ0n) is 16.4. The van der Waals surface area contributed by atoms with Gasteiger partial charge in [0.1, 0.15) is 22.8 Å². The minimum absolute atomic E-state index is 0.000262. The van der Waals surface area contributed by atoms with Gasteiger partial charge in [0.2, 0.25) is 5.78 Å². The fourth-order valence-corrected chi connectivity index (χ4v) is 4.10. The molecule has 2 aromatic carbocycles. The Morgan fingerprint density at radius 2 is 1.87 bits per heavy atom. The Kier molecular flexibility index (Phi) is 6.09. The van der Waals surface area contributed by atoms with Crippen LogP contribution in [0.1, 0.15) is 27.2 Å². The van der Waals surface area contributed by atoms with Crippen molar-refractivity contribution >= 4 is 33.1 Å². The topological polar surface area (TPSA) is 85.4 Å². The number of hydrogen-bond acceptors (Lipinski definition) is 5. The molecular formula is C21H18ClFN2O4S. The predicted octanol–water partition coefficient (Wildman–Crippen LogP) is 4.53. The molecule has 0 unspecified atom stereocenters. The van der Waals surface area contributed by atoms with Crippen LogP contribution in [0, 0.1) is 19.7 Å². The minimum atomic E-state index is -4.06. The second kappa shape index (κ2) is 8.41. The Hall–Kier alpha value is -2.97. The van der Waals surface area contributed by atoms with Crippen LogP contribution in [0.5, 0.6) is 5.75 Å². The highest BCUT2D eigenvalue weighted by Crippen LogP contribution is 2.29. The first kappa shape index (κ1) is 21.7. The first-order valence-corrected chi connectivity index (χ1v) is 10.6. The number of carbonyl (C=O) groups excluding carboxylic acids is 1. The molecule has 0 spiro atoms. The van der Waals surface area contributed by atoms with Gasteiger partial charge in [0.15, 0.2) is 0 Å². The molecule has 9 heteroatoms. The van der Waals surface area contributed by atoms with Gasteiger partial charge >= 0.3 is 0 Å². The fourth-order valence-electron chi connectivity index (χ4n) is 2.80.